The van der Waals surface area contributed by atoms with Crippen molar-refractivity contribution in [2.75, 3.05) is 22.4 Å². The SMILES string of the molecule is CS(=O)(=O)N(CCCC(=O)Nc1ccc2ccccc2c1)c1ccc(F)c(F)c1. The van der Waals surface area contributed by atoms with Gasteiger partial charge in [0.05, 0.1) is 11.9 Å². The molecule has 29 heavy (non-hydrogen) atoms. The monoisotopic (exact) mass is 418 g/mol. The fourth-order valence-corrected chi connectivity index (χ4v) is 3.96. The minimum Gasteiger partial charge on any atom is -0.326 e. The van der Waals surface area contributed by atoms with Crippen LogP contribution in [0.4, 0.5) is 20.2 Å². The lowest BCUT2D eigenvalue weighted by Gasteiger charge is -2.22. The van der Waals surface area contributed by atoms with Crippen molar-refractivity contribution in [3.05, 3.63) is 72.3 Å². The molecule has 3 aromatic carbocycles. The molecule has 152 valence electrons. The van der Waals surface area contributed by atoms with Crippen LogP contribution in [0.15, 0.2) is 60.7 Å². The van der Waals surface area contributed by atoms with Crippen molar-refractivity contribution in [3.63, 3.8) is 0 Å². The van der Waals surface area contributed by atoms with Crippen molar-refractivity contribution in [2.45, 2.75) is 12.8 Å². The van der Waals surface area contributed by atoms with E-state index in [9.17, 15) is 22.0 Å². The van der Waals surface area contributed by atoms with E-state index in [0.717, 1.165) is 33.5 Å². The molecule has 0 aliphatic rings. The molecule has 0 unspecified atom stereocenters. The van der Waals surface area contributed by atoms with Gasteiger partial charge in [-0.3, -0.25) is 9.10 Å². The van der Waals surface area contributed by atoms with Crippen LogP contribution >= 0.6 is 0 Å². The third kappa shape index (κ3) is 5.29. The maximum Gasteiger partial charge on any atom is 0.232 e. The molecule has 0 radical (unpaired) electrons. The Balaban J connectivity index is 1.62. The summed E-state index contributed by atoms with van der Waals surface area (Å²) in [7, 11) is -3.72. The Kier molecular flexibility index (Phi) is 6.12. The minimum absolute atomic E-state index is 0.0151. The highest BCUT2D eigenvalue weighted by Gasteiger charge is 2.19. The molecule has 0 saturated carbocycles. The van der Waals surface area contributed by atoms with Gasteiger partial charge in [0.1, 0.15) is 0 Å². The smallest absolute Gasteiger partial charge is 0.232 e. The molecule has 0 atom stereocenters. The van der Waals surface area contributed by atoms with Crippen LogP contribution in [0, 0.1) is 11.6 Å². The summed E-state index contributed by atoms with van der Waals surface area (Å²) in [5, 5.41) is 4.84. The molecular weight excluding hydrogens is 398 g/mol. The van der Waals surface area contributed by atoms with E-state index in [-0.39, 0.29) is 31.0 Å². The highest BCUT2D eigenvalue weighted by Crippen LogP contribution is 2.22. The average Bonchev–Trinajstić information content (AvgIpc) is 2.66. The first-order valence-electron chi connectivity index (χ1n) is 8.95. The van der Waals surface area contributed by atoms with Crippen molar-refractivity contribution in [1.82, 2.24) is 0 Å². The molecule has 3 rings (SSSR count). The number of carbonyl (C=O) groups excluding carboxylic acids is 1. The van der Waals surface area contributed by atoms with E-state index in [4.69, 9.17) is 0 Å². The van der Waals surface area contributed by atoms with Crippen LogP contribution in [0.5, 0.6) is 0 Å². The van der Waals surface area contributed by atoms with Crippen molar-refractivity contribution in [3.8, 4) is 0 Å². The minimum atomic E-state index is -3.72. The Morgan fingerprint density at radius 1 is 0.966 bits per heavy atom. The van der Waals surface area contributed by atoms with E-state index >= 15 is 0 Å². The second kappa shape index (κ2) is 8.57. The lowest BCUT2D eigenvalue weighted by Crippen LogP contribution is -2.31. The van der Waals surface area contributed by atoms with Gasteiger partial charge in [-0.1, -0.05) is 30.3 Å². The van der Waals surface area contributed by atoms with Gasteiger partial charge in [0.2, 0.25) is 15.9 Å². The van der Waals surface area contributed by atoms with Gasteiger partial charge < -0.3 is 5.32 Å². The number of carbonyl (C=O) groups is 1. The van der Waals surface area contributed by atoms with Crippen LogP contribution < -0.4 is 9.62 Å². The quantitative estimate of drug-likeness (QED) is 0.622. The molecule has 5 nitrogen and oxygen atoms in total. The zero-order valence-corrected chi connectivity index (χ0v) is 16.5. The van der Waals surface area contributed by atoms with Gasteiger partial charge in [0, 0.05) is 24.7 Å². The summed E-state index contributed by atoms with van der Waals surface area (Å²) in [5.41, 5.74) is 0.663. The lowest BCUT2D eigenvalue weighted by atomic mass is 10.1. The molecule has 0 bridgehead atoms. The normalized spacial score (nSPS) is 11.4. The number of sulfonamides is 1. The van der Waals surface area contributed by atoms with Gasteiger partial charge >= 0.3 is 0 Å². The second-order valence-electron chi connectivity index (χ2n) is 6.65. The maximum absolute atomic E-state index is 13.5. The summed E-state index contributed by atoms with van der Waals surface area (Å²) in [6.45, 7) is -0.0327. The number of anilines is 2. The van der Waals surface area contributed by atoms with Gasteiger partial charge in [-0.15, -0.1) is 0 Å². The van der Waals surface area contributed by atoms with E-state index in [1.54, 1.807) is 6.07 Å². The summed E-state index contributed by atoms with van der Waals surface area (Å²) in [6.07, 6.45) is 1.26. The Morgan fingerprint density at radius 3 is 2.38 bits per heavy atom. The van der Waals surface area contributed by atoms with Crippen molar-refractivity contribution in [2.24, 2.45) is 0 Å². The van der Waals surface area contributed by atoms with Crippen LogP contribution in [0.25, 0.3) is 10.8 Å². The Bertz CT molecular complexity index is 1150. The predicted molar refractivity (Wildman–Crippen MR) is 110 cm³/mol. The summed E-state index contributed by atoms with van der Waals surface area (Å²) in [6, 6.07) is 16.2. The van der Waals surface area contributed by atoms with E-state index in [1.807, 2.05) is 36.4 Å². The van der Waals surface area contributed by atoms with Gasteiger partial charge in [-0.25, -0.2) is 17.2 Å². The number of hydrogen-bond acceptors (Lipinski definition) is 3. The summed E-state index contributed by atoms with van der Waals surface area (Å²) >= 11 is 0. The fraction of sp³-hybridized carbons (Fsp3) is 0.190. The molecule has 0 aromatic heterocycles. The average molecular weight is 418 g/mol. The molecule has 8 heteroatoms. The first kappa shape index (κ1) is 20.7. The van der Waals surface area contributed by atoms with E-state index in [1.165, 1.54) is 6.07 Å². The van der Waals surface area contributed by atoms with Gasteiger partial charge in [-0.2, -0.15) is 0 Å². The third-order valence-corrected chi connectivity index (χ3v) is 5.58. The summed E-state index contributed by atoms with van der Waals surface area (Å²) < 4.78 is 51.6. The molecule has 3 aromatic rings. The molecule has 0 fully saturated rings. The number of rotatable bonds is 7. The number of nitrogens with one attached hydrogen (secondary N) is 1. The van der Waals surface area contributed by atoms with Gasteiger partial charge in [-0.05, 0) is 41.5 Å². The molecule has 0 heterocycles. The van der Waals surface area contributed by atoms with Crippen molar-refractivity contribution < 1.29 is 22.0 Å². The fourth-order valence-electron chi connectivity index (χ4n) is 3.00. The Labute approximate surface area is 168 Å². The first-order chi connectivity index (χ1) is 13.7. The molecule has 1 N–H and O–H groups in total. The number of fused-ring (bicyclic) bond motifs is 1. The third-order valence-electron chi connectivity index (χ3n) is 4.39. The largest absolute Gasteiger partial charge is 0.326 e. The maximum atomic E-state index is 13.5. The topological polar surface area (TPSA) is 66.5 Å². The zero-order chi connectivity index (χ0) is 21.0. The van der Waals surface area contributed by atoms with E-state index in [0.29, 0.717) is 5.69 Å². The van der Waals surface area contributed by atoms with Gasteiger partial charge in [0.15, 0.2) is 11.6 Å². The van der Waals surface area contributed by atoms with Crippen LogP contribution in [0.1, 0.15) is 12.8 Å². The molecule has 0 aliphatic carbocycles. The molecule has 0 aliphatic heterocycles. The number of amides is 1. The van der Waals surface area contributed by atoms with Gasteiger partial charge in [0.25, 0.3) is 0 Å². The predicted octanol–water partition coefficient (Wildman–Crippen LogP) is 4.30. The number of hydrogen-bond donors (Lipinski definition) is 1. The van der Waals surface area contributed by atoms with Crippen molar-refractivity contribution in [1.29, 1.82) is 0 Å². The van der Waals surface area contributed by atoms with Crippen LogP contribution in [0.3, 0.4) is 0 Å². The second-order valence-corrected chi connectivity index (χ2v) is 8.55. The van der Waals surface area contributed by atoms with Crippen LogP contribution in [-0.2, 0) is 14.8 Å². The molecule has 1 amide bonds. The summed E-state index contributed by atoms with van der Waals surface area (Å²) in [5.74, 6) is -2.46. The Morgan fingerprint density at radius 2 is 1.69 bits per heavy atom. The number of halogens is 2. The number of nitrogens with zero attached hydrogens (tertiary/aromatic N) is 1. The first-order valence-corrected chi connectivity index (χ1v) is 10.8. The van der Waals surface area contributed by atoms with E-state index < -0.39 is 21.7 Å². The number of benzene rings is 3. The molecule has 0 spiro atoms. The standard InChI is InChI=1S/C21H20F2N2O3S/c1-29(27,28)25(18-10-11-19(22)20(23)14-18)12-4-7-21(26)24-17-9-8-15-5-2-3-6-16(15)13-17/h2-3,5-6,8-11,13-14H,4,7,12H2,1H3,(H,24,26). The van der Waals surface area contributed by atoms with Crippen molar-refractivity contribution >= 4 is 38.1 Å². The van der Waals surface area contributed by atoms with E-state index in [2.05, 4.69) is 5.32 Å². The highest BCUT2D eigenvalue weighted by molar-refractivity contribution is 7.92. The lowest BCUT2D eigenvalue weighted by molar-refractivity contribution is -0.116. The molecule has 0 saturated heterocycles. The van der Waals surface area contributed by atoms with Crippen LogP contribution in [0.2, 0.25) is 0 Å². The molecular formula is C21H20F2N2O3S. The van der Waals surface area contributed by atoms with Crippen LogP contribution in [-0.4, -0.2) is 27.1 Å². The zero-order valence-electron chi connectivity index (χ0n) is 15.7. The Hall–Kier alpha value is -3.00. The highest BCUT2D eigenvalue weighted by atomic mass is 32.2. The summed E-state index contributed by atoms with van der Waals surface area (Å²) in [4.78, 5) is 12.2.